The van der Waals surface area contributed by atoms with Crippen LogP contribution >= 0.6 is 11.8 Å². The van der Waals surface area contributed by atoms with Crippen molar-refractivity contribution in [3.05, 3.63) is 29.8 Å². The second-order valence-electron chi connectivity index (χ2n) is 5.37. The maximum Gasteiger partial charge on any atom is 0.232 e. The van der Waals surface area contributed by atoms with E-state index in [1.54, 1.807) is 16.7 Å². The summed E-state index contributed by atoms with van der Waals surface area (Å²) in [7, 11) is 1.85. The first-order valence-corrected chi connectivity index (χ1v) is 7.64. The Balaban J connectivity index is 1.72. The molecule has 4 heteroatoms. The van der Waals surface area contributed by atoms with Gasteiger partial charge in [0.2, 0.25) is 5.91 Å². The van der Waals surface area contributed by atoms with Crippen molar-refractivity contribution in [2.24, 2.45) is 5.92 Å². The molecule has 0 spiro atoms. The quantitative estimate of drug-likeness (QED) is 0.841. The van der Waals surface area contributed by atoms with Crippen LogP contribution in [0.4, 0.5) is 0 Å². The minimum atomic E-state index is -0.143. The van der Waals surface area contributed by atoms with Crippen LogP contribution in [0, 0.1) is 12.8 Å². The second kappa shape index (κ2) is 6.44. The molecule has 0 atom stereocenters. The van der Waals surface area contributed by atoms with E-state index in [4.69, 9.17) is 0 Å². The summed E-state index contributed by atoms with van der Waals surface area (Å²) in [6.45, 7) is 2.82. The first-order valence-electron chi connectivity index (χ1n) is 6.66. The molecule has 1 N–H and O–H groups in total. The SMILES string of the molecule is Cc1ccc(SCC(=O)N(C)CC2CC(O)C2)cc1. The Bertz CT molecular complexity index is 426. The van der Waals surface area contributed by atoms with E-state index in [0.717, 1.165) is 24.3 Å². The summed E-state index contributed by atoms with van der Waals surface area (Å²) >= 11 is 1.58. The zero-order valence-electron chi connectivity index (χ0n) is 11.5. The zero-order valence-corrected chi connectivity index (χ0v) is 12.3. The second-order valence-corrected chi connectivity index (χ2v) is 6.42. The number of amides is 1. The van der Waals surface area contributed by atoms with Gasteiger partial charge in [-0.1, -0.05) is 17.7 Å². The molecule has 2 rings (SSSR count). The summed E-state index contributed by atoms with van der Waals surface area (Å²) in [6, 6.07) is 8.23. The molecule has 1 saturated carbocycles. The first kappa shape index (κ1) is 14.4. The third-order valence-corrected chi connectivity index (χ3v) is 4.55. The molecule has 0 bridgehead atoms. The molecule has 0 heterocycles. The summed E-state index contributed by atoms with van der Waals surface area (Å²) in [6.07, 6.45) is 1.53. The Labute approximate surface area is 119 Å². The highest BCUT2D eigenvalue weighted by Crippen LogP contribution is 2.28. The maximum atomic E-state index is 12.0. The van der Waals surface area contributed by atoms with Gasteiger partial charge in [-0.2, -0.15) is 0 Å². The summed E-state index contributed by atoms with van der Waals surface area (Å²) in [5.41, 5.74) is 1.23. The molecule has 0 radical (unpaired) electrons. The number of hydrogen-bond donors (Lipinski definition) is 1. The molecule has 0 aromatic heterocycles. The van der Waals surface area contributed by atoms with Crippen molar-refractivity contribution >= 4 is 17.7 Å². The Morgan fingerprint density at radius 2 is 2.00 bits per heavy atom. The van der Waals surface area contributed by atoms with E-state index in [0.29, 0.717) is 11.7 Å². The van der Waals surface area contributed by atoms with Gasteiger partial charge >= 0.3 is 0 Å². The fourth-order valence-corrected chi connectivity index (χ4v) is 3.07. The molecular weight excluding hydrogens is 258 g/mol. The molecule has 1 aromatic carbocycles. The normalized spacial score (nSPS) is 21.8. The van der Waals surface area contributed by atoms with Crippen LogP contribution in [0.25, 0.3) is 0 Å². The van der Waals surface area contributed by atoms with Crippen LogP contribution in [0.15, 0.2) is 29.2 Å². The molecule has 1 aliphatic rings. The van der Waals surface area contributed by atoms with Crippen molar-refractivity contribution in [1.29, 1.82) is 0 Å². The Morgan fingerprint density at radius 1 is 1.37 bits per heavy atom. The van der Waals surface area contributed by atoms with Crippen molar-refractivity contribution in [2.75, 3.05) is 19.3 Å². The van der Waals surface area contributed by atoms with E-state index in [9.17, 15) is 9.90 Å². The lowest BCUT2D eigenvalue weighted by atomic mass is 9.82. The first-order chi connectivity index (χ1) is 9.04. The average molecular weight is 279 g/mol. The Morgan fingerprint density at radius 3 is 2.58 bits per heavy atom. The van der Waals surface area contributed by atoms with Crippen molar-refractivity contribution in [3.8, 4) is 0 Å². The topological polar surface area (TPSA) is 40.5 Å². The van der Waals surface area contributed by atoms with Crippen LogP contribution in [0.2, 0.25) is 0 Å². The smallest absolute Gasteiger partial charge is 0.232 e. The van der Waals surface area contributed by atoms with Crippen LogP contribution < -0.4 is 0 Å². The number of aryl methyl sites for hydroxylation is 1. The molecule has 1 amide bonds. The lowest BCUT2D eigenvalue weighted by Crippen LogP contribution is -2.40. The fraction of sp³-hybridized carbons (Fsp3) is 0.533. The average Bonchev–Trinajstić information content (AvgIpc) is 2.35. The molecule has 0 saturated heterocycles. The zero-order chi connectivity index (χ0) is 13.8. The highest BCUT2D eigenvalue weighted by atomic mass is 32.2. The van der Waals surface area contributed by atoms with Crippen molar-refractivity contribution < 1.29 is 9.90 Å². The lowest BCUT2D eigenvalue weighted by molar-refractivity contribution is -0.128. The van der Waals surface area contributed by atoms with Gasteiger partial charge in [-0.25, -0.2) is 0 Å². The van der Waals surface area contributed by atoms with Gasteiger partial charge in [0.25, 0.3) is 0 Å². The Kier molecular flexibility index (Phi) is 4.88. The number of hydrogen-bond acceptors (Lipinski definition) is 3. The number of nitrogens with zero attached hydrogens (tertiary/aromatic N) is 1. The van der Waals surface area contributed by atoms with Gasteiger partial charge in [-0.3, -0.25) is 4.79 Å². The van der Waals surface area contributed by atoms with Gasteiger partial charge in [-0.15, -0.1) is 11.8 Å². The third-order valence-electron chi connectivity index (χ3n) is 3.55. The predicted molar refractivity (Wildman–Crippen MR) is 78.3 cm³/mol. The van der Waals surface area contributed by atoms with Gasteiger partial charge in [0.15, 0.2) is 0 Å². The van der Waals surface area contributed by atoms with Crippen LogP contribution in [0.5, 0.6) is 0 Å². The molecule has 19 heavy (non-hydrogen) atoms. The molecule has 1 fully saturated rings. The minimum Gasteiger partial charge on any atom is -0.393 e. The van der Waals surface area contributed by atoms with Crippen LogP contribution in [-0.2, 0) is 4.79 Å². The van der Waals surface area contributed by atoms with E-state index in [1.807, 2.05) is 7.05 Å². The van der Waals surface area contributed by atoms with Crippen LogP contribution in [-0.4, -0.2) is 41.4 Å². The van der Waals surface area contributed by atoms with Crippen molar-refractivity contribution in [3.63, 3.8) is 0 Å². The van der Waals surface area contributed by atoms with E-state index >= 15 is 0 Å². The van der Waals surface area contributed by atoms with Gasteiger partial charge < -0.3 is 10.0 Å². The number of rotatable bonds is 5. The van der Waals surface area contributed by atoms with Crippen molar-refractivity contribution in [1.82, 2.24) is 4.90 Å². The molecule has 1 aromatic rings. The van der Waals surface area contributed by atoms with Gasteiger partial charge in [-0.05, 0) is 37.8 Å². The predicted octanol–water partition coefficient (Wildman–Crippen LogP) is 2.32. The Hall–Kier alpha value is -1.00. The number of aliphatic hydroxyl groups is 1. The standard InChI is InChI=1S/C15H21NO2S/c1-11-3-5-14(6-4-11)19-10-15(18)16(2)9-12-7-13(17)8-12/h3-6,12-13,17H,7-10H2,1-2H3. The van der Waals surface area contributed by atoms with Crippen LogP contribution in [0.3, 0.4) is 0 Å². The lowest BCUT2D eigenvalue weighted by Gasteiger charge is -2.34. The summed E-state index contributed by atoms with van der Waals surface area (Å²) in [5.74, 6) is 1.12. The summed E-state index contributed by atoms with van der Waals surface area (Å²) in [5, 5.41) is 9.24. The summed E-state index contributed by atoms with van der Waals surface area (Å²) < 4.78 is 0. The van der Waals surface area contributed by atoms with E-state index in [2.05, 4.69) is 31.2 Å². The number of thioether (sulfide) groups is 1. The number of carbonyl (C=O) groups excluding carboxylic acids is 1. The van der Waals surface area contributed by atoms with E-state index in [1.165, 1.54) is 5.56 Å². The molecule has 0 aliphatic heterocycles. The molecule has 3 nitrogen and oxygen atoms in total. The van der Waals surface area contributed by atoms with E-state index in [-0.39, 0.29) is 12.0 Å². The highest BCUT2D eigenvalue weighted by molar-refractivity contribution is 8.00. The summed E-state index contributed by atoms with van der Waals surface area (Å²) in [4.78, 5) is 14.9. The third kappa shape index (κ3) is 4.25. The van der Waals surface area contributed by atoms with Gasteiger partial charge in [0.05, 0.1) is 11.9 Å². The monoisotopic (exact) mass is 279 g/mol. The van der Waals surface area contributed by atoms with Crippen LogP contribution in [0.1, 0.15) is 18.4 Å². The highest BCUT2D eigenvalue weighted by Gasteiger charge is 2.28. The largest absolute Gasteiger partial charge is 0.393 e. The molecule has 1 aliphatic carbocycles. The number of aliphatic hydroxyl groups excluding tert-OH is 1. The van der Waals surface area contributed by atoms with Gasteiger partial charge in [0.1, 0.15) is 0 Å². The van der Waals surface area contributed by atoms with E-state index < -0.39 is 0 Å². The molecule has 104 valence electrons. The molecular formula is C15H21NO2S. The van der Waals surface area contributed by atoms with Crippen molar-refractivity contribution in [2.45, 2.75) is 30.8 Å². The van der Waals surface area contributed by atoms with Gasteiger partial charge in [0, 0.05) is 18.5 Å². The molecule has 0 unspecified atom stereocenters. The number of carbonyl (C=O) groups is 1. The number of benzene rings is 1. The fourth-order valence-electron chi connectivity index (χ4n) is 2.23. The maximum absolute atomic E-state index is 12.0. The minimum absolute atomic E-state index is 0.143.